The van der Waals surface area contributed by atoms with Crippen LogP contribution < -0.4 is 14.2 Å². The number of carbonyl (C=O) groups excluding carboxylic acids is 1. The molecule has 2 aromatic rings. The van der Waals surface area contributed by atoms with Crippen molar-refractivity contribution in [1.82, 2.24) is 0 Å². The van der Waals surface area contributed by atoms with Crippen LogP contribution in [0, 0.1) is 10.1 Å². The van der Waals surface area contributed by atoms with E-state index in [1.54, 1.807) is 24.3 Å². The van der Waals surface area contributed by atoms with Crippen LogP contribution in [0.4, 0.5) is 5.69 Å². The molecule has 0 bridgehead atoms. The molecule has 0 aromatic heterocycles. The molecule has 9 heteroatoms. The Morgan fingerprint density at radius 3 is 2.78 bits per heavy atom. The SMILES string of the molecule is COc1ccccc1OCC(=O)OCc1cc([N+](=O)[O-])cc2c1OCOC2. The first-order valence-corrected chi connectivity index (χ1v) is 8.00. The van der Waals surface area contributed by atoms with Crippen molar-refractivity contribution in [3.05, 3.63) is 57.6 Å². The van der Waals surface area contributed by atoms with E-state index in [9.17, 15) is 14.9 Å². The number of carbonyl (C=O) groups is 1. The first kappa shape index (κ1) is 18.5. The van der Waals surface area contributed by atoms with Crippen LogP contribution in [-0.2, 0) is 27.5 Å². The summed E-state index contributed by atoms with van der Waals surface area (Å²) < 4.78 is 26.2. The van der Waals surface area contributed by atoms with Crippen LogP contribution in [0.5, 0.6) is 17.2 Å². The Morgan fingerprint density at radius 2 is 2.04 bits per heavy atom. The van der Waals surface area contributed by atoms with Gasteiger partial charge in [-0.3, -0.25) is 10.1 Å². The Bertz CT molecular complexity index is 851. The molecule has 1 aliphatic rings. The van der Waals surface area contributed by atoms with E-state index in [2.05, 4.69) is 0 Å². The normalized spacial score (nSPS) is 12.5. The third kappa shape index (κ3) is 4.45. The lowest BCUT2D eigenvalue weighted by molar-refractivity contribution is -0.385. The van der Waals surface area contributed by atoms with Crippen molar-refractivity contribution in [2.75, 3.05) is 20.5 Å². The summed E-state index contributed by atoms with van der Waals surface area (Å²) in [6.07, 6.45) is 0. The first-order valence-electron chi connectivity index (χ1n) is 8.00. The summed E-state index contributed by atoms with van der Waals surface area (Å²) >= 11 is 0. The molecule has 0 spiro atoms. The molecule has 0 saturated carbocycles. The number of nitro groups is 1. The monoisotopic (exact) mass is 375 g/mol. The minimum Gasteiger partial charge on any atom is -0.493 e. The molecule has 0 N–H and O–H groups in total. The number of hydrogen-bond acceptors (Lipinski definition) is 8. The molecule has 27 heavy (non-hydrogen) atoms. The number of ether oxygens (including phenoxy) is 5. The van der Waals surface area contributed by atoms with Crippen molar-refractivity contribution < 1.29 is 33.4 Å². The third-order valence-corrected chi connectivity index (χ3v) is 3.79. The fourth-order valence-electron chi connectivity index (χ4n) is 2.57. The predicted molar refractivity (Wildman–Crippen MR) is 91.7 cm³/mol. The first-order chi connectivity index (χ1) is 13.1. The van der Waals surface area contributed by atoms with Gasteiger partial charge in [0, 0.05) is 23.3 Å². The third-order valence-electron chi connectivity index (χ3n) is 3.79. The van der Waals surface area contributed by atoms with Gasteiger partial charge in [0.25, 0.3) is 5.69 Å². The second-order valence-electron chi connectivity index (χ2n) is 5.56. The molecule has 0 amide bonds. The molecule has 0 atom stereocenters. The van der Waals surface area contributed by atoms with Gasteiger partial charge < -0.3 is 23.7 Å². The number of para-hydroxylation sites is 2. The Labute approximate surface area is 154 Å². The maximum Gasteiger partial charge on any atom is 0.344 e. The van der Waals surface area contributed by atoms with E-state index in [-0.39, 0.29) is 32.3 Å². The predicted octanol–water partition coefficient (Wildman–Crippen LogP) is 2.59. The van der Waals surface area contributed by atoms with Gasteiger partial charge in [0.15, 0.2) is 24.9 Å². The summed E-state index contributed by atoms with van der Waals surface area (Å²) in [5.41, 5.74) is 0.805. The number of esters is 1. The zero-order valence-corrected chi connectivity index (χ0v) is 14.5. The summed E-state index contributed by atoms with van der Waals surface area (Å²) in [7, 11) is 1.50. The standard InChI is InChI=1S/C18H17NO8/c1-23-15-4-2-3-5-16(15)25-10-17(20)26-9-13-7-14(19(21)22)6-12-8-24-11-27-18(12)13/h2-7H,8-11H2,1H3. The number of nitro benzene ring substituents is 1. The molecular weight excluding hydrogens is 358 g/mol. The number of non-ortho nitro benzene ring substituents is 1. The molecule has 0 fully saturated rings. The molecule has 0 radical (unpaired) electrons. The number of benzene rings is 2. The zero-order valence-electron chi connectivity index (χ0n) is 14.5. The molecular formula is C18H17NO8. The van der Waals surface area contributed by atoms with Gasteiger partial charge in [-0.15, -0.1) is 0 Å². The van der Waals surface area contributed by atoms with Crippen molar-refractivity contribution in [2.24, 2.45) is 0 Å². The molecule has 3 rings (SSSR count). The van der Waals surface area contributed by atoms with E-state index in [4.69, 9.17) is 23.7 Å². The van der Waals surface area contributed by atoms with Gasteiger partial charge in [0.05, 0.1) is 18.6 Å². The van der Waals surface area contributed by atoms with Crippen LogP contribution >= 0.6 is 0 Å². The topological polar surface area (TPSA) is 106 Å². The lowest BCUT2D eigenvalue weighted by Crippen LogP contribution is -2.17. The summed E-state index contributed by atoms with van der Waals surface area (Å²) in [6, 6.07) is 9.59. The molecule has 142 valence electrons. The number of fused-ring (bicyclic) bond motifs is 1. The number of nitrogens with zero attached hydrogens (tertiary/aromatic N) is 1. The highest BCUT2D eigenvalue weighted by Crippen LogP contribution is 2.33. The number of methoxy groups -OCH3 is 1. The second-order valence-corrected chi connectivity index (χ2v) is 5.56. The highest BCUT2D eigenvalue weighted by molar-refractivity contribution is 5.71. The molecule has 0 saturated heterocycles. The van der Waals surface area contributed by atoms with Gasteiger partial charge in [0.2, 0.25) is 0 Å². The highest BCUT2D eigenvalue weighted by atomic mass is 16.7. The summed E-state index contributed by atoms with van der Waals surface area (Å²) in [5, 5.41) is 11.1. The van der Waals surface area contributed by atoms with Crippen LogP contribution in [0.2, 0.25) is 0 Å². The Hall–Kier alpha value is -3.33. The van der Waals surface area contributed by atoms with E-state index >= 15 is 0 Å². The second kappa shape index (κ2) is 8.37. The molecule has 2 aromatic carbocycles. The lowest BCUT2D eigenvalue weighted by atomic mass is 10.1. The quantitative estimate of drug-likeness (QED) is 0.413. The smallest absolute Gasteiger partial charge is 0.344 e. The maximum absolute atomic E-state index is 12.0. The molecule has 9 nitrogen and oxygen atoms in total. The average molecular weight is 375 g/mol. The van der Waals surface area contributed by atoms with Gasteiger partial charge in [-0.25, -0.2) is 4.79 Å². The van der Waals surface area contributed by atoms with Gasteiger partial charge in [-0.1, -0.05) is 12.1 Å². The van der Waals surface area contributed by atoms with Crippen LogP contribution in [-0.4, -0.2) is 31.4 Å². The molecule has 1 heterocycles. The summed E-state index contributed by atoms with van der Waals surface area (Å²) in [4.78, 5) is 22.5. The molecule has 0 unspecified atom stereocenters. The van der Waals surface area contributed by atoms with E-state index in [0.717, 1.165) is 0 Å². The van der Waals surface area contributed by atoms with Gasteiger partial charge in [-0.05, 0) is 12.1 Å². The Kier molecular flexibility index (Phi) is 5.72. The Morgan fingerprint density at radius 1 is 1.26 bits per heavy atom. The number of rotatable bonds is 7. The van der Waals surface area contributed by atoms with Crippen molar-refractivity contribution in [2.45, 2.75) is 13.2 Å². The van der Waals surface area contributed by atoms with Gasteiger partial charge >= 0.3 is 5.97 Å². The van der Waals surface area contributed by atoms with E-state index < -0.39 is 10.9 Å². The van der Waals surface area contributed by atoms with Crippen molar-refractivity contribution >= 4 is 11.7 Å². The molecule has 1 aliphatic heterocycles. The highest BCUT2D eigenvalue weighted by Gasteiger charge is 2.22. The fraction of sp³-hybridized carbons (Fsp3) is 0.278. The van der Waals surface area contributed by atoms with E-state index in [0.29, 0.717) is 28.4 Å². The van der Waals surface area contributed by atoms with Crippen LogP contribution in [0.25, 0.3) is 0 Å². The van der Waals surface area contributed by atoms with Crippen LogP contribution in [0.1, 0.15) is 11.1 Å². The molecule has 0 aliphatic carbocycles. The lowest BCUT2D eigenvalue weighted by Gasteiger charge is -2.20. The van der Waals surface area contributed by atoms with Crippen LogP contribution in [0.15, 0.2) is 36.4 Å². The van der Waals surface area contributed by atoms with E-state index in [1.807, 2.05) is 0 Å². The zero-order chi connectivity index (χ0) is 19.2. The van der Waals surface area contributed by atoms with Gasteiger partial charge in [-0.2, -0.15) is 0 Å². The van der Waals surface area contributed by atoms with Gasteiger partial charge in [0.1, 0.15) is 12.4 Å². The van der Waals surface area contributed by atoms with Crippen molar-refractivity contribution in [3.8, 4) is 17.2 Å². The largest absolute Gasteiger partial charge is 0.493 e. The fourth-order valence-corrected chi connectivity index (χ4v) is 2.57. The minimum atomic E-state index is -0.631. The summed E-state index contributed by atoms with van der Waals surface area (Å²) in [5.74, 6) is 0.704. The van der Waals surface area contributed by atoms with Crippen molar-refractivity contribution in [3.63, 3.8) is 0 Å². The number of hydrogen-bond donors (Lipinski definition) is 0. The summed E-state index contributed by atoms with van der Waals surface area (Å²) in [6.45, 7) is -0.295. The van der Waals surface area contributed by atoms with Crippen molar-refractivity contribution in [1.29, 1.82) is 0 Å². The minimum absolute atomic E-state index is 0.0304. The van der Waals surface area contributed by atoms with E-state index in [1.165, 1.54) is 19.2 Å². The maximum atomic E-state index is 12.0. The van der Waals surface area contributed by atoms with Crippen LogP contribution in [0.3, 0.4) is 0 Å². The Balaban J connectivity index is 1.64. The average Bonchev–Trinajstić information content (AvgIpc) is 2.70.